The second-order valence-electron chi connectivity index (χ2n) is 23.1. The summed E-state index contributed by atoms with van der Waals surface area (Å²) in [6.45, 7) is 37.0. The Balaban J connectivity index is 1.29. The monoisotopic (exact) mass is 1060 g/mol. The molecule has 0 amide bonds. The standard InChI is InChI=1S/C75H64F3N3/c1-40-28-45(6)68(46(7)29-40)53-18-22-57-58-23-19-54(69-47(8)30-41(2)31-48(69)9)37-65(58)80(64(57)36-53)63-27-26-61(72-44(5)16-15-17-62(72)75(76,77)78)74(73(63)79-14)81-66-38-55(70-49(10)32-42(3)33-50(70)11)20-24-59(66)60-25-21-56(39-67(60)81)71-51(12)34-43(4)35-52(71)13/h15-39H,1-13H3. The minimum absolute atomic E-state index is 0.0386. The van der Waals surface area contributed by atoms with Gasteiger partial charge < -0.3 is 9.13 Å². The van der Waals surface area contributed by atoms with Crippen molar-refractivity contribution < 1.29 is 13.2 Å². The Labute approximate surface area is 473 Å². The number of rotatable bonds is 7. The van der Waals surface area contributed by atoms with Gasteiger partial charge in [0.05, 0.1) is 45.6 Å². The minimum atomic E-state index is -4.71. The van der Waals surface area contributed by atoms with Crippen molar-refractivity contribution >= 4 is 49.3 Å². The average Bonchev–Trinajstić information content (AvgIpc) is 3.32. The number of hydrogen-bond donors (Lipinski definition) is 0. The molecule has 0 N–H and O–H groups in total. The van der Waals surface area contributed by atoms with Crippen LogP contribution in [0.1, 0.15) is 77.9 Å². The fourth-order valence-corrected chi connectivity index (χ4v) is 14.3. The summed E-state index contributed by atoms with van der Waals surface area (Å²) in [5.74, 6) is 0. The number of nitrogens with zero attached hydrogens (tertiary/aromatic N) is 3. The van der Waals surface area contributed by atoms with Crippen LogP contribution in [-0.2, 0) is 6.18 Å². The van der Waals surface area contributed by atoms with Gasteiger partial charge in [0.15, 0.2) is 0 Å². The fourth-order valence-electron chi connectivity index (χ4n) is 14.3. The fraction of sp³-hybridized carbons (Fsp3) is 0.187. The Hall–Kier alpha value is -8.92. The Morgan fingerprint density at radius 3 is 0.975 bits per heavy atom. The highest BCUT2D eigenvalue weighted by Crippen LogP contribution is 2.51. The molecular weight excluding hydrogens is 1000 g/mol. The van der Waals surface area contributed by atoms with Crippen LogP contribution in [-0.4, -0.2) is 9.13 Å². The maximum atomic E-state index is 15.9. The first-order chi connectivity index (χ1) is 38.6. The summed E-state index contributed by atoms with van der Waals surface area (Å²) in [6, 6.07) is 52.1. The normalized spacial score (nSPS) is 11.9. The molecule has 0 spiro atoms. The molecule has 12 rings (SSSR count). The van der Waals surface area contributed by atoms with Crippen LogP contribution in [0.4, 0.5) is 18.9 Å². The van der Waals surface area contributed by atoms with E-state index in [2.05, 4.69) is 218 Å². The summed E-state index contributed by atoms with van der Waals surface area (Å²) in [5.41, 5.74) is 26.9. The highest BCUT2D eigenvalue weighted by Gasteiger charge is 2.36. The molecule has 2 aromatic heterocycles. The van der Waals surface area contributed by atoms with Gasteiger partial charge in [0.2, 0.25) is 5.69 Å². The second-order valence-corrected chi connectivity index (χ2v) is 23.1. The van der Waals surface area contributed by atoms with Gasteiger partial charge in [-0.15, -0.1) is 0 Å². The summed E-state index contributed by atoms with van der Waals surface area (Å²) in [6.07, 6.45) is -4.71. The molecule has 6 heteroatoms. The summed E-state index contributed by atoms with van der Waals surface area (Å²) in [7, 11) is 0. The molecule has 81 heavy (non-hydrogen) atoms. The van der Waals surface area contributed by atoms with Crippen molar-refractivity contribution in [2.24, 2.45) is 0 Å². The van der Waals surface area contributed by atoms with Gasteiger partial charge in [0.1, 0.15) is 0 Å². The zero-order chi connectivity index (χ0) is 57.2. The Bertz CT molecular complexity index is 4400. The van der Waals surface area contributed by atoms with Gasteiger partial charge in [-0.1, -0.05) is 138 Å². The van der Waals surface area contributed by atoms with E-state index in [1.807, 2.05) is 12.1 Å². The molecule has 0 aliphatic carbocycles. The van der Waals surface area contributed by atoms with E-state index < -0.39 is 11.7 Å². The van der Waals surface area contributed by atoms with Gasteiger partial charge in [-0.25, -0.2) is 4.85 Å². The van der Waals surface area contributed by atoms with Crippen molar-refractivity contribution in [1.29, 1.82) is 0 Å². The third-order valence-corrected chi connectivity index (χ3v) is 17.0. The van der Waals surface area contributed by atoms with Gasteiger partial charge in [-0.05, 0) is 232 Å². The first-order valence-corrected chi connectivity index (χ1v) is 27.8. The highest BCUT2D eigenvalue weighted by atomic mass is 19.4. The summed E-state index contributed by atoms with van der Waals surface area (Å²) < 4.78 is 51.9. The van der Waals surface area contributed by atoms with E-state index in [1.54, 1.807) is 13.0 Å². The quantitative estimate of drug-likeness (QED) is 0.141. The third kappa shape index (κ3) is 8.65. The molecular formula is C75H64F3N3. The predicted molar refractivity (Wildman–Crippen MR) is 335 cm³/mol. The molecule has 12 aromatic rings. The topological polar surface area (TPSA) is 14.2 Å². The molecule has 0 aliphatic heterocycles. The van der Waals surface area contributed by atoms with Crippen LogP contribution in [0.15, 0.2) is 152 Å². The van der Waals surface area contributed by atoms with Gasteiger partial charge in [-0.2, -0.15) is 13.2 Å². The lowest BCUT2D eigenvalue weighted by Crippen LogP contribution is -2.10. The van der Waals surface area contributed by atoms with Crippen molar-refractivity contribution in [1.82, 2.24) is 9.13 Å². The van der Waals surface area contributed by atoms with Crippen molar-refractivity contribution in [3.8, 4) is 67.0 Å². The van der Waals surface area contributed by atoms with E-state index in [0.29, 0.717) is 22.5 Å². The molecule has 0 saturated carbocycles. The number of hydrogen-bond acceptors (Lipinski definition) is 0. The molecule has 400 valence electrons. The number of halogens is 3. The molecule has 0 fully saturated rings. The van der Waals surface area contributed by atoms with Crippen LogP contribution in [0.3, 0.4) is 0 Å². The average molecular weight is 1060 g/mol. The van der Waals surface area contributed by atoms with Gasteiger partial charge in [-0.3, -0.25) is 0 Å². The maximum Gasteiger partial charge on any atom is 0.417 e. The number of alkyl halides is 3. The number of fused-ring (bicyclic) bond motifs is 6. The van der Waals surface area contributed by atoms with E-state index in [4.69, 9.17) is 0 Å². The predicted octanol–water partition coefficient (Wildman–Crippen LogP) is 21.8. The zero-order valence-corrected chi connectivity index (χ0v) is 48.4. The maximum absolute atomic E-state index is 15.9. The first kappa shape index (κ1) is 52.8. The van der Waals surface area contributed by atoms with E-state index in [1.165, 1.54) is 23.3 Å². The summed E-state index contributed by atoms with van der Waals surface area (Å²) in [5, 5.41) is 3.84. The molecule has 10 aromatic carbocycles. The molecule has 0 unspecified atom stereocenters. The van der Waals surface area contributed by atoms with E-state index in [0.717, 1.165) is 144 Å². The molecule has 0 atom stereocenters. The lowest BCUT2D eigenvalue weighted by Gasteiger charge is -2.23. The lowest BCUT2D eigenvalue weighted by molar-refractivity contribution is -0.137. The molecule has 3 nitrogen and oxygen atoms in total. The van der Waals surface area contributed by atoms with Crippen LogP contribution in [0.2, 0.25) is 0 Å². The summed E-state index contributed by atoms with van der Waals surface area (Å²) in [4.78, 5) is 4.62. The largest absolute Gasteiger partial charge is 0.417 e. The zero-order valence-electron chi connectivity index (χ0n) is 48.4. The Morgan fingerprint density at radius 1 is 0.346 bits per heavy atom. The molecule has 0 aliphatic rings. The van der Waals surface area contributed by atoms with Crippen LogP contribution < -0.4 is 0 Å². The van der Waals surface area contributed by atoms with Gasteiger partial charge in [0.25, 0.3) is 0 Å². The van der Waals surface area contributed by atoms with Gasteiger partial charge >= 0.3 is 6.18 Å². The highest BCUT2D eigenvalue weighted by molar-refractivity contribution is 6.15. The number of aryl methyl sites for hydroxylation is 13. The van der Waals surface area contributed by atoms with Crippen LogP contribution >= 0.6 is 0 Å². The van der Waals surface area contributed by atoms with Crippen LogP contribution in [0.25, 0.3) is 115 Å². The van der Waals surface area contributed by atoms with Crippen LogP contribution in [0, 0.1) is 96.6 Å². The smallest absolute Gasteiger partial charge is 0.319 e. The van der Waals surface area contributed by atoms with Crippen molar-refractivity contribution in [2.75, 3.05) is 0 Å². The van der Waals surface area contributed by atoms with Crippen molar-refractivity contribution in [3.05, 3.63) is 241 Å². The van der Waals surface area contributed by atoms with Gasteiger partial charge in [0, 0.05) is 21.5 Å². The van der Waals surface area contributed by atoms with E-state index in [-0.39, 0.29) is 11.3 Å². The minimum Gasteiger partial charge on any atom is -0.319 e. The molecule has 0 bridgehead atoms. The lowest BCUT2D eigenvalue weighted by atomic mass is 9.91. The number of aromatic nitrogens is 2. The number of benzene rings is 10. The molecule has 2 heterocycles. The molecule has 0 saturated heterocycles. The summed E-state index contributed by atoms with van der Waals surface area (Å²) >= 11 is 0. The third-order valence-electron chi connectivity index (χ3n) is 17.0. The van der Waals surface area contributed by atoms with E-state index in [9.17, 15) is 6.57 Å². The van der Waals surface area contributed by atoms with Crippen molar-refractivity contribution in [2.45, 2.75) is 96.2 Å². The second kappa shape index (κ2) is 19.4. The first-order valence-electron chi connectivity index (χ1n) is 27.8. The Kier molecular flexibility index (Phi) is 12.6. The van der Waals surface area contributed by atoms with Crippen molar-refractivity contribution in [3.63, 3.8) is 0 Å². The van der Waals surface area contributed by atoms with E-state index >= 15 is 13.2 Å². The SMILES string of the molecule is [C-]#[N+]c1c(-n2c3cc(-c4c(C)cc(C)cc4C)ccc3c3ccc(-c4c(C)cc(C)cc4C)cc32)ccc(-c2c(C)cccc2C(F)(F)F)c1-n1c2cc(-c3c(C)cc(C)cc3C)ccc2c2ccc(-c3c(C)cc(C)cc3C)cc21. The Morgan fingerprint density at radius 2 is 0.667 bits per heavy atom. The van der Waals surface area contributed by atoms with Crippen LogP contribution in [0.5, 0.6) is 0 Å². The molecule has 0 radical (unpaired) electrons.